The van der Waals surface area contributed by atoms with Gasteiger partial charge in [0.1, 0.15) is 11.7 Å². The number of alkyl halides is 2. The number of nitrogens with one attached hydrogen (secondary N) is 1. The molecule has 0 unspecified atom stereocenters. The highest BCUT2D eigenvalue weighted by molar-refractivity contribution is 6.52. The largest absolute Gasteiger partial charge is 0.457 e. The first kappa shape index (κ1) is 28.1. The molecule has 0 saturated carbocycles. The smallest absolute Gasteiger partial charge is 0.347 e. The van der Waals surface area contributed by atoms with Crippen LogP contribution in [0.5, 0.6) is 0 Å². The van der Waals surface area contributed by atoms with Gasteiger partial charge in [-0.3, -0.25) is 14.9 Å². The number of benzene rings is 1. The molecule has 0 aliphatic carbocycles. The SMILES string of the molecule is CC(C)[C@H](OC(=O)C(Cl)Cl)C(=O)N[C@](C#N)(Cc1ccc([N+](=O)[O-])cc1)C(=O)OC(C)(C)C. The van der Waals surface area contributed by atoms with Crippen molar-refractivity contribution < 1.29 is 28.8 Å². The van der Waals surface area contributed by atoms with Gasteiger partial charge in [0.2, 0.25) is 10.4 Å². The molecule has 1 rings (SSSR count). The number of carbonyl (C=O) groups excluding carboxylic acids is 3. The van der Waals surface area contributed by atoms with Crippen molar-refractivity contribution in [3.8, 4) is 6.07 Å². The second kappa shape index (κ2) is 11.3. The number of nitro groups is 1. The number of amides is 1. The second-order valence-corrected chi connectivity index (χ2v) is 9.61. The first-order chi connectivity index (χ1) is 15.1. The highest BCUT2D eigenvalue weighted by Crippen LogP contribution is 2.23. The first-order valence-electron chi connectivity index (χ1n) is 9.80. The third-order valence-electron chi connectivity index (χ3n) is 4.18. The summed E-state index contributed by atoms with van der Waals surface area (Å²) in [5.74, 6) is -3.62. The van der Waals surface area contributed by atoms with Crippen LogP contribution in [0.4, 0.5) is 5.69 Å². The lowest BCUT2D eigenvalue weighted by atomic mass is 9.90. The number of nitro benzene ring substituents is 1. The summed E-state index contributed by atoms with van der Waals surface area (Å²) in [4.78, 5) is 46.6. The average Bonchev–Trinajstić information content (AvgIpc) is 2.69. The molecular formula is C21H25Cl2N3O7. The Labute approximate surface area is 201 Å². The van der Waals surface area contributed by atoms with E-state index < -0.39 is 50.8 Å². The van der Waals surface area contributed by atoms with Crippen LogP contribution in [0.15, 0.2) is 24.3 Å². The zero-order valence-corrected chi connectivity index (χ0v) is 20.3. The van der Waals surface area contributed by atoms with Crippen molar-refractivity contribution >= 4 is 46.7 Å². The fourth-order valence-corrected chi connectivity index (χ4v) is 2.74. The average molecular weight is 502 g/mol. The maximum absolute atomic E-state index is 13.0. The van der Waals surface area contributed by atoms with Crippen LogP contribution in [-0.4, -0.2) is 44.8 Å². The number of non-ortho nitro benzene ring substituents is 1. The van der Waals surface area contributed by atoms with E-state index in [1.165, 1.54) is 24.3 Å². The van der Waals surface area contributed by atoms with Crippen molar-refractivity contribution in [2.24, 2.45) is 5.92 Å². The number of carbonyl (C=O) groups is 3. The Kier molecular flexibility index (Phi) is 9.63. The summed E-state index contributed by atoms with van der Waals surface area (Å²) in [6.07, 6.45) is -1.78. The molecule has 0 fully saturated rings. The molecule has 0 heterocycles. The lowest BCUT2D eigenvalue weighted by Crippen LogP contribution is -2.60. The van der Waals surface area contributed by atoms with Crippen molar-refractivity contribution in [3.05, 3.63) is 39.9 Å². The Hall–Kier alpha value is -2.90. The lowest BCUT2D eigenvalue weighted by molar-refractivity contribution is -0.384. The zero-order chi connectivity index (χ0) is 25.6. The fourth-order valence-electron chi connectivity index (χ4n) is 2.64. The molecule has 0 aliphatic rings. The van der Waals surface area contributed by atoms with Gasteiger partial charge in [-0.1, -0.05) is 49.2 Å². The number of esters is 2. The number of ether oxygens (including phenoxy) is 2. The third-order valence-corrected chi connectivity index (χ3v) is 4.53. The topological polar surface area (TPSA) is 149 Å². The molecule has 1 aromatic carbocycles. The molecule has 0 aliphatic heterocycles. The van der Waals surface area contributed by atoms with Gasteiger partial charge in [-0.25, -0.2) is 9.59 Å². The summed E-state index contributed by atoms with van der Waals surface area (Å²) in [6.45, 7) is 7.90. The Morgan fingerprint density at radius 2 is 1.73 bits per heavy atom. The molecule has 1 N–H and O–H groups in total. The maximum atomic E-state index is 13.0. The quantitative estimate of drug-likeness (QED) is 0.234. The Bertz CT molecular complexity index is 937. The maximum Gasteiger partial charge on any atom is 0.347 e. The Morgan fingerprint density at radius 3 is 2.12 bits per heavy atom. The molecule has 12 heteroatoms. The van der Waals surface area contributed by atoms with E-state index >= 15 is 0 Å². The van der Waals surface area contributed by atoms with Gasteiger partial charge in [-0.05, 0) is 32.3 Å². The summed E-state index contributed by atoms with van der Waals surface area (Å²) in [5.41, 5.74) is -3.06. The molecule has 1 amide bonds. The highest BCUT2D eigenvalue weighted by atomic mass is 35.5. The molecule has 1 aromatic rings. The predicted octanol–water partition coefficient (Wildman–Crippen LogP) is 3.23. The van der Waals surface area contributed by atoms with Gasteiger partial charge in [0, 0.05) is 18.6 Å². The van der Waals surface area contributed by atoms with E-state index in [-0.39, 0.29) is 12.1 Å². The molecule has 0 aromatic heterocycles. The molecule has 0 saturated heterocycles. The molecule has 0 bridgehead atoms. The van der Waals surface area contributed by atoms with Gasteiger partial charge < -0.3 is 14.8 Å². The third kappa shape index (κ3) is 8.18. The van der Waals surface area contributed by atoms with E-state index in [1.54, 1.807) is 40.7 Å². The van der Waals surface area contributed by atoms with Crippen LogP contribution in [0.2, 0.25) is 0 Å². The van der Waals surface area contributed by atoms with Gasteiger partial charge in [0.15, 0.2) is 6.10 Å². The van der Waals surface area contributed by atoms with E-state index in [1.807, 2.05) is 0 Å². The van der Waals surface area contributed by atoms with Gasteiger partial charge in [0.05, 0.1) is 4.92 Å². The number of halogens is 2. The van der Waals surface area contributed by atoms with Gasteiger partial charge in [0.25, 0.3) is 11.6 Å². The standard InChI is InChI=1S/C21H25Cl2N3O7/c1-12(2)15(32-18(28)16(22)23)17(27)25-21(11-24,19(29)33-20(3,4)5)10-13-6-8-14(9-7-13)26(30)31/h6-9,12,15-16H,10H2,1-5H3,(H,25,27)/t15-,21-/m0/s1. The molecule has 10 nitrogen and oxygen atoms in total. The van der Waals surface area contributed by atoms with Crippen LogP contribution in [-0.2, 0) is 30.3 Å². The molecule has 180 valence electrons. The summed E-state index contributed by atoms with van der Waals surface area (Å²) in [6, 6.07) is 6.90. The second-order valence-electron chi connectivity index (χ2n) is 8.51. The number of nitrogens with zero attached hydrogens (tertiary/aromatic N) is 2. The van der Waals surface area contributed by atoms with Crippen LogP contribution >= 0.6 is 23.2 Å². The van der Waals surface area contributed by atoms with E-state index in [0.717, 1.165) is 0 Å². The molecular weight excluding hydrogens is 477 g/mol. The van der Waals surface area contributed by atoms with E-state index in [0.29, 0.717) is 5.56 Å². The van der Waals surface area contributed by atoms with Gasteiger partial charge in [-0.2, -0.15) is 5.26 Å². The predicted molar refractivity (Wildman–Crippen MR) is 119 cm³/mol. The molecule has 2 atom stereocenters. The van der Waals surface area contributed by atoms with Gasteiger partial charge in [-0.15, -0.1) is 0 Å². The minimum atomic E-state index is -2.22. The van der Waals surface area contributed by atoms with Crippen molar-refractivity contribution in [2.45, 2.75) is 63.1 Å². The fraction of sp³-hybridized carbons (Fsp3) is 0.524. The van der Waals surface area contributed by atoms with Crippen molar-refractivity contribution in [3.63, 3.8) is 0 Å². The number of nitriles is 1. The normalized spacial score (nSPS) is 14.1. The number of rotatable bonds is 9. The van der Waals surface area contributed by atoms with Crippen LogP contribution in [0.1, 0.15) is 40.2 Å². The summed E-state index contributed by atoms with van der Waals surface area (Å²) >= 11 is 11.0. The number of hydrogen-bond acceptors (Lipinski definition) is 8. The summed E-state index contributed by atoms with van der Waals surface area (Å²) < 4.78 is 10.4. The van der Waals surface area contributed by atoms with Gasteiger partial charge >= 0.3 is 11.9 Å². The van der Waals surface area contributed by atoms with Crippen LogP contribution < -0.4 is 5.32 Å². The summed E-state index contributed by atoms with van der Waals surface area (Å²) in [7, 11) is 0. The zero-order valence-electron chi connectivity index (χ0n) is 18.8. The Balaban J connectivity index is 3.36. The van der Waals surface area contributed by atoms with Crippen molar-refractivity contribution in [1.29, 1.82) is 5.26 Å². The molecule has 33 heavy (non-hydrogen) atoms. The molecule has 0 spiro atoms. The van der Waals surface area contributed by atoms with Crippen molar-refractivity contribution in [2.75, 3.05) is 0 Å². The van der Waals surface area contributed by atoms with Crippen LogP contribution in [0, 0.1) is 27.4 Å². The summed E-state index contributed by atoms with van der Waals surface area (Å²) in [5, 5.41) is 23.2. The minimum Gasteiger partial charge on any atom is -0.457 e. The molecule has 0 radical (unpaired) electrons. The number of hydrogen-bond donors (Lipinski definition) is 1. The monoisotopic (exact) mass is 501 g/mol. The highest BCUT2D eigenvalue weighted by Gasteiger charge is 2.46. The Morgan fingerprint density at radius 1 is 1.18 bits per heavy atom. The lowest BCUT2D eigenvalue weighted by Gasteiger charge is -2.32. The van der Waals surface area contributed by atoms with E-state index in [2.05, 4.69) is 5.32 Å². The van der Waals surface area contributed by atoms with Crippen molar-refractivity contribution in [1.82, 2.24) is 5.32 Å². The van der Waals surface area contributed by atoms with Crippen LogP contribution in [0.25, 0.3) is 0 Å². The first-order valence-corrected chi connectivity index (χ1v) is 10.7. The van der Waals surface area contributed by atoms with Crippen LogP contribution in [0.3, 0.4) is 0 Å². The minimum absolute atomic E-state index is 0.189. The van der Waals surface area contributed by atoms with E-state index in [4.69, 9.17) is 32.7 Å². The van der Waals surface area contributed by atoms with E-state index in [9.17, 15) is 29.8 Å².